The first-order valence-electron chi connectivity index (χ1n) is 7.29. The van der Waals surface area contributed by atoms with Gasteiger partial charge < -0.3 is 14.8 Å². The number of esters is 2. The Bertz CT molecular complexity index is 553. The van der Waals surface area contributed by atoms with Crippen LogP contribution >= 0.6 is 0 Å². The first-order chi connectivity index (χ1) is 11.0. The highest BCUT2D eigenvalue weighted by atomic mass is 16.6. The summed E-state index contributed by atoms with van der Waals surface area (Å²) in [5.74, 6) is -1.15. The quantitative estimate of drug-likeness (QED) is 0.582. The molecule has 0 fully saturated rings. The lowest BCUT2D eigenvalue weighted by atomic mass is 10.2. The number of hydrogen-bond donors (Lipinski definition) is 1. The summed E-state index contributed by atoms with van der Waals surface area (Å²) in [5.41, 5.74) is 0.911. The highest BCUT2D eigenvalue weighted by Crippen LogP contribution is 2.02. The van der Waals surface area contributed by atoms with Crippen LogP contribution in [0.1, 0.15) is 25.8 Å². The number of rotatable bonds is 8. The van der Waals surface area contributed by atoms with E-state index in [0.29, 0.717) is 6.42 Å². The fraction of sp³-hybridized carbons (Fsp3) is 0.353. The molecule has 0 saturated carbocycles. The minimum absolute atomic E-state index is 0.128. The van der Waals surface area contributed by atoms with E-state index in [1.54, 1.807) is 6.08 Å². The van der Waals surface area contributed by atoms with Crippen molar-refractivity contribution in [3.05, 3.63) is 42.0 Å². The van der Waals surface area contributed by atoms with Crippen LogP contribution in [-0.2, 0) is 23.9 Å². The number of nitrogens with one attached hydrogen (secondary N) is 1. The van der Waals surface area contributed by atoms with Crippen molar-refractivity contribution in [1.29, 1.82) is 0 Å². The van der Waals surface area contributed by atoms with Crippen LogP contribution in [0.3, 0.4) is 0 Å². The molecular formula is C17H21NO5. The molecule has 0 saturated heterocycles. The summed E-state index contributed by atoms with van der Waals surface area (Å²) < 4.78 is 9.89. The molecule has 0 aliphatic carbocycles. The maximum absolute atomic E-state index is 11.8. The van der Waals surface area contributed by atoms with Gasteiger partial charge >= 0.3 is 11.9 Å². The van der Waals surface area contributed by atoms with Crippen LogP contribution in [0.5, 0.6) is 0 Å². The minimum Gasteiger partial charge on any atom is -0.466 e. The Morgan fingerprint density at radius 2 is 1.83 bits per heavy atom. The van der Waals surface area contributed by atoms with Crippen molar-refractivity contribution in [3.8, 4) is 0 Å². The van der Waals surface area contributed by atoms with E-state index in [4.69, 9.17) is 9.47 Å². The molecule has 1 unspecified atom stereocenters. The topological polar surface area (TPSA) is 81.7 Å². The third kappa shape index (κ3) is 9.08. The standard InChI is InChI=1S/C17H21NO5/c1-13(19)22-11-10-16(23-14(2)20)12-18-17(21)9-8-15-6-4-3-5-7-15/h3-9,16H,10-12H2,1-2H3,(H,18,21)/b9-8+. The van der Waals surface area contributed by atoms with Crippen molar-refractivity contribution < 1.29 is 23.9 Å². The van der Waals surface area contributed by atoms with Gasteiger partial charge in [-0.15, -0.1) is 0 Å². The molecule has 0 aliphatic rings. The zero-order chi connectivity index (χ0) is 17.1. The Labute approximate surface area is 135 Å². The minimum atomic E-state index is -0.541. The normalized spacial score (nSPS) is 11.7. The van der Waals surface area contributed by atoms with Gasteiger partial charge in [0, 0.05) is 26.3 Å². The molecule has 1 N–H and O–H groups in total. The van der Waals surface area contributed by atoms with Crippen LogP contribution in [0.15, 0.2) is 36.4 Å². The van der Waals surface area contributed by atoms with Gasteiger partial charge in [0.25, 0.3) is 0 Å². The van der Waals surface area contributed by atoms with Crippen LogP contribution in [0, 0.1) is 0 Å². The van der Waals surface area contributed by atoms with Gasteiger partial charge in [-0.2, -0.15) is 0 Å². The highest BCUT2D eigenvalue weighted by Gasteiger charge is 2.13. The lowest BCUT2D eigenvalue weighted by molar-refractivity contribution is -0.148. The number of hydrogen-bond acceptors (Lipinski definition) is 5. The number of carbonyl (C=O) groups is 3. The second kappa shape index (κ2) is 10.2. The molecule has 23 heavy (non-hydrogen) atoms. The van der Waals surface area contributed by atoms with E-state index in [2.05, 4.69) is 5.32 Å². The molecule has 0 spiro atoms. The monoisotopic (exact) mass is 319 g/mol. The molecule has 124 valence electrons. The van der Waals surface area contributed by atoms with Crippen LogP contribution in [-0.4, -0.2) is 37.1 Å². The van der Waals surface area contributed by atoms with Gasteiger partial charge in [0.1, 0.15) is 6.10 Å². The van der Waals surface area contributed by atoms with Crippen molar-refractivity contribution in [3.63, 3.8) is 0 Å². The van der Waals surface area contributed by atoms with Gasteiger partial charge in [-0.1, -0.05) is 30.3 Å². The van der Waals surface area contributed by atoms with E-state index in [0.717, 1.165) is 5.56 Å². The van der Waals surface area contributed by atoms with Crippen LogP contribution in [0.2, 0.25) is 0 Å². The largest absolute Gasteiger partial charge is 0.466 e. The second-order valence-electron chi connectivity index (χ2n) is 4.85. The lowest BCUT2D eigenvalue weighted by Crippen LogP contribution is -2.34. The van der Waals surface area contributed by atoms with E-state index < -0.39 is 18.0 Å². The zero-order valence-corrected chi connectivity index (χ0v) is 13.3. The number of benzene rings is 1. The molecule has 0 heterocycles. The average Bonchev–Trinajstić information content (AvgIpc) is 2.50. The molecule has 0 aromatic heterocycles. The smallest absolute Gasteiger partial charge is 0.302 e. The Balaban J connectivity index is 2.42. The van der Waals surface area contributed by atoms with E-state index in [1.165, 1.54) is 19.9 Å². The van der Waals surface area contributed by atoms with E-state index in [9.17, 15) is 14.4 Å². The molecule has 1 amide bonds. The molecular weight excluding hydrogens is 298 g/mol. The van der Waals surface area contributed by atoms with Crippen molar-refractivity contribution >= 4 is 23.9 Å². The molecule has 1 atom stereocenters. The van der Waals surface area contributed by atoms with Gasteiger partial charge in [-0.05, 0) is 11.6 Å². The van der Waals surface area contributed by atoms with Gasteiger partial charge in [-0.25, -0.2) is 0 Å². The third-order valence-electron chi connectivity index (χ3n) is 2.81. The summed E-state index contributed by atoms with van der Waals surface area (Å²) in [6.07, 6.45) is 2.88. The second-order valence-corrected chi connectivity index (χ2v) is 4.85. The first kappa shape index (κ1) is 18.4. The van der Waals surface area contributed by atoms with Crippen molar-refractivity contribution in [2.45, 2.75) is 26.4 Å². The summed E-state index contributed by atoms with van der Waals surface area (Å²) >= 11 is 0. The molecule has 6 nitrogen and oxygen atoms in total. The van der Waals surface area contributed by atoms with Gasteiger partial charge in [0.2, 0.25) is 5.91 Å². The number of amides is 1. The fourth-order valence-corrected chi connectivity index (χ4v) is 1.78. The molecule has 1 aromatic carbocycles. The lowest BCUT2D eigenvalue weighted by Gasteiger charge is -2.17. The summed E-state index contributed by atoms with van der Waals surface area (Å²) in [5, 5.41) is 2.65. The van der Waals surface area contributed by atoms with Crippen molar-refractivity contribution in [1.82, 2.24) is 5.32 Å². The third-order valence-corrected chi connectivity index (χ3v) is 2.81. The predicted molar refractivity (Wildman–Crippen MR) is 85.3 cm³/mol. The van der Waals surface area contributed by atoms with Crippen LogP contribution < -0.4 is 5.32 Å². The maximum Gasteiger partial charge on any atom is 0.302 e. The molecule has 1 aromatic rings. The zero-order valence-electron chi connectivity index (χ0n) is 13.3. The van der Waals surface area contributed by atoms with E-state index in [1.807, 2.05) is 30.3 Å². The van der Waals surface area contributed by atoms with Gasteiger partial charge in [-0.3, -0.25) is 14.4 Å². The van der Waals surface area contributed by atoms with E-state index >= 15 is 0 Å². The van der Waals surface area contributed by atoms with Gasteiger partial charge in [0.15, 0.2) is 0 Å². The maximum atomic E-state index is 11.8. The number of ether oxygens (including phenoxy) is 2. The summed E-state index contributed by atoms with van der Waals surface area (Å²) in [7, 11) is 0. The Morgan fingerprint density at radius 1 is 1.13 bits per heavy atom. The summed E-state index contributed by atoms with van der Waals surface area (Å²) in [6, 6.07) is 9.41. The molecule has 6 heteroatoms. The van der Waals surface area contributed by atoms with Crippen molar-refractivity contribution in [2.24, 2.45) is 0 Å². The highest BCUT2D eigenvalue weighted by molar-refractivity contribution is 5.91. The first-order valence-corrected chi connectivity index (χ1v) is 7.29. The fourth-order valence-electron chi connectivity index (χ4n) is 1.78. The Morgan fingerprint density at radius 3 is 2.43 bits per heavy atom. The van der Waals surface area contributed by atoms with Crippen LogP contribution in [0.4, 0.5) is 0 Å². The summed E-state index contributed by atoms with van der Waals surface area (Å²) in [4.78, 5) is 33.5. The average molecular weight is 319 g/mol. The van der Waals surface area contributed by atoms with Crippen LogP contribution in [0.25, 0.3) is 6.08 Å². The SMILES string of the molecule is CC(=O)OCCC(CNC(=O)/C=C/c1ccccc1)OC(C)=O. The number of carbonyl (C=O) groups excluding carboxylic acids is 3. The van der Waals surface area contributed by atoms with E-state index in [-0.39, 0.29) is 19.1 Å². The van der Waals surface area contributed by atoms with Gasteiger partial charge in [0.05, 0.1) is 13.2 Å². The Kier molecular flexibility index (Phi) is 8.13. The predicted octanol–water partition coefficient (Wildman–Crippen LogP) is 1.70. The molecule has 1 rings (SSSR count). The molecule has 0 aliphatic heterocycles. The molecule has 0 radical (unpaired) electrons. The summed E-state index contributed by atoms with van der Waals surface area (Å²) in [6.45, 7) is 2.87. The molecule has 0 bridgehead atoms. The van der Waals surface area contributed by atoms with Crippen molar-refractivity contribution in [2.75, 3.05) is 13.2 Å². The Hall–Kier alpha value is -2.63.